The molecule has 0 fully saturated rings. The Balaban J connectivity index is 1.83. The summed E-state index contributed by atoms with van der Waals surface area (Å²) in [4.78, 5) is 25.8. The summed E-state index contributed by atoms with van der Waals surface area (Å²) in [7, 11) is 1.54. The smallest absolute Gasteiger partial charge is 0.335 e. The fourth-order valence-corrected chi connectivity index (χ4v) is 3.12. The van der Waals surface area contributed by atoms with Crippen LogP contribution in [0.25, 0.3) is 0 Å². The summed E-state index contributed by atoms with van der Waals surface area (Å²) in [5.41, 5.74) is 2.72. The lowest BCUT2D eigenvalue weighted by Gasteiger charge is -2.29. The Morgan fingerprint density at radius 3 is 2.54 bits per heavy atom. The van der Waals surface area contributed by atoms with E-state index in [2.05, 4.69) is 0 Å². The third-order valence-electron chi connectivity index (χ3n) is 4.46. The molecular weight excluding hydrogens is 334 g/mol. The summed E-state index contributed by atoms with van der Waals surface area (Å²) in [5, 5.41) is 9.16. The van der Waals surface area contributed by atoms with E-state index in [0.29, 0.717) is 43.2 Å². The largest absolute Gasteiger partial charge is 0.493 e. The van der Waals surface area contributed by atoms with Gasteiger partial charge in [0.15, 0.2) is 11.5 Å². The number of carbonyl (C=O) groups excluding carboxylic acids is 1. The molecule has 3 rings (SSSR count). The van der Waals surface area contributed by atoms with Gasteiger partial charge in [0.25, 0.3) is 5.91 Å². The van der Waals surface area contributed by atoms with Crippen molar-refractivity contribution in [2.75, 3.05) is 20.3 Å². The second kappa shape index (κ2) is 7.47. The van der Waals surface area contributed by atoms with Crippen LogP contribution in [0.3, 0.4) is 0 Å². The fourth-order valence-electron chi connectivity index (χ4n) is 3.12. The monoisotopic (exact) mass is 355 g/mol. The van der Waals surface area contributed by atoms with Crippen LogP contribution in [0.5, 0.6) is 11.5 Å². The number of fused-ring (bicyclic) bond motifs is 1. The first-order valence-corrected chi connectivity index (χ1v) is 8.48. The van der Waals surface area contributed by atoms with Crippen LogP contribution in [0.15, 0.2) is 36.4 Å². The lowest BCUT2D eigenvalue weighted by Crippen LogP contribution is -2.36. The number of ether oxygens (including phenoxy) is 2. The van der Waals surface area contributed by atoms with Gasteiger partial charge >= 0.3 is 5.97 Å². The molecule has 136 valence electrons. The number of benzene rings is 2. The van der Waals surface area contributed by atoms with Crippen molar-refractivity contribution in [1.29, 1.82) is 0 Å². The summed E-state index contributed by atoms with van der Waals surface area (Å²) in [6.45, 7) is 3.38. The van der Waals surface area contributed by atoms with Crippen molar-refractivity contribution < 1.29 is 24.2 Å². The molecule has 0 aromatic heterocycles. The van der Waals surface area contributed by atoms with E-state index in [-0.39, 0.29) is 11.5 Å². The Labute approximate surface area is 152 Å². The fraction of sp³-hybridized carbons (Fsp3) is 0.300. The molecule has 0 bridgehead atoms. The van der Waals surface area contributed by atoms with Crippen molar-refractivity contribution in [3.8, 4) is 11.5 Å². The molecule has 6 heteroatoms. The van der Waals surface area contributed by atoms with Gasteiger partial charge in [0.05, 0.1) is 19.3 Å². The maximum atomic E-state index is 12.9. The quantitative estimate of drug-likeness (QED) is 0.892. The molecule has 0 aliphatic carbocycles. The Morgan fingerprint density at radius 2 is 1.85 bits per heavy atom. The second-order valence-corrected chi connectivity index (χ2v) is 6.06. The van der Waals surface area contributed by atoms with E-state index in [1.54, 1.807) is 35.2 Å². The maximum Gasteiger partial charge on any atom is 0.335 e. The van der Waals surface area contributed by atoms with Gasteiger partial charge in [-0.3, -0.25) is 4.79 Å². The Hall–Kier alpha value is -3.02. The second-order valence-electron chi connectivity index (χ2n) is 6.06. The molecular formula is C20H21NO5. The lowest BCUT2D eigenvalue weighted by molar-refractivity contribution is 0.0696. The number of aromatic carboxylic acids is 1. The van der Waals surface area contributed by atoms with Crippen LogP contribution < -0.4 is 9.47 Å². The number of carboxylic acid groups (broad SMARTS) is 1. The van der Waals surface area contributed by atoms with Crippen molar-refractivity contribution in [3.05, 3.63) is 58.7 Å². The lowest BCUT2D eigenvalue weighted by atomic mass is 9.97. The first-order valence-electron chi connectivity index (χ1n) is 8.48. The van der Waals surface area contributed by atoms with Crippen molar-refractivity contribution in [3.63, 3.8) is 0 Å². The van der Waals surface area contributed by atoms with Gasteiger partial charge in [0, 0.05) is 18.7 Å². The molecule has 1 heterocycles. The van der Waals surface area contributed by atoms with Crippen LogP contribution in [0.4, 0.5) is 0 Å². The topological polar surface area (TPSA) is 76.1 Å². The predicted octanol–water partition coefficient (Wildman–Crippen LogP) is 2.99. The van der Waals surface area contributed by atoms with Crippen LogP contribution in [-0.4, -0.2) is 42.1 Å². The van der Waals surface area contributed by atoms with Crippen LogP contribution in [0.1, 0.15) is 38.8 Å². The molecule has 0 saturated heterocycles. The number of rotatable bonds is 5. The molecule has 1 aliphatic heterocycles. The molecule has 2 aromatic rings. The van der Waals surface area contributed by atoms with Gasteiger partial charge in [0.2, 0.25) is 0 Å². The van der Waals surface area contributed by atoms with E-state index >= 15 is 0 Å². The normalized spacial score (nSPS) is 13.1. The third kappa shape index (κ3) is 3.49. The highest BCUT2D eigenvalue weighted by Crippen LogP contribution is 2.29. The molecule has 0 atom stereocenters. The van der Waals surface area contributed by atoms with Gasteiger partial charge in [-0.25, -0.2) is 4.79 Å². The van der Waals surface area contributed by atoms with E-state index in [1.807, 2.05) is 13.0 Å². The van der Waals surface area contributed by atoms with E-state index in [4.69, 9.17) is 14.6 Å². The minimum atomic E-state index is -0.965. The molecule has 6 nitrogen and oxygen atoms in total. The maximum absolute atomic E-state index is 12.9. The van der Waals surface area contributed by atoms with Gasteiger partial charge in [-0.1, -0.05) is 6.07 Å². The predicted molar refractivity (Wildman–Crippen MR) is 96.0 cm³/mol. The van der Waals surface area contributed by atoms with Gasteiger partial charge in [0.1, 0.15) is 0 Å². The third-order valence-corrected chi connectivity index (χ3v) is 4.46. The Morgan fingerprint density at radius 1 is 1.08 bits per heavy atom. The number of hydrogen-bond acceptors (Lipinski definition) is 4. The molecule has 0 radical (unpaired) electrons. The van der Waals surface area contributed by atoms with E-state index in [1.165, 1.54) is 7.11 Å². The van der Waals surface area contributed by atoms with Gasteiger partial charge in [-0.15, -0.1) is 0 Å². The van der Waals surface area contributed by atoms with Crippen LogP contribution in [-0.2, 0) is 13.0 Å². The minimum Gasteiger partial charge on any atom is -0.493 e. The molecule has 1 amide bonds. The van der Waals surface area contributed by atoms with Gasteiger partial charge < -0.3 is 19.5 Å². The standard InChI is InChI=1S/C20H21NO5/c1-3-26-17-7-6-14(11-18(17)25-2)19(22)21-9-8-13-4-5-15(20(23)24)10-16(13)12-21/h4-7,10-11H,3,8-9,12H2,1-2H3,(H,23,24). The number of hydrogen-bond donors (Lipinski definition) is 1. The summed E-state index contributed by atoms with van der Waals surface area (Å²) in [6, 6.07) is 10.2. The van der Waals surface area contributed by atoms with Crippen molar-refractivity contribution in [2.24, 2.45) is 0 Å². The minimum absolute atomic E-state index is 0.113. The highest BCUT2D eigenvalue weighted by atomic mass is 16.5. The summed E-state index contributed by atoms with van der Waals surface area (Å²) in [5.74, 6) is 0.0372. The number of amides is 1. The number of carboxylic acids is 1. The average Bonchev–Trinajstić information content (AvgIpc) is 2.67. The summed E-state index contributed by atoms with van der Waals surface area (Å²) >= 11 is 0. The molecule has 26 heavy (non-hydrogen) atoms. The molecule has 0 spiro atoms. The molecule has 2 aromatic carbocycles. The summed E-state index contributed by atoms with van der Waals surface area (Å²) < 4.78 is 10.8. The highest BCUT2D eigenvalue weighted by Gasteiger charge is 2.23. The average molecular weight is 355 g/mol. The van der Waals surface area contributed by atoms with Gasteiger partial charge in [-0.2, -0.15) is 0 Å². The van der Waals surface area contributed by atoms with E-state index in [0.717, 1.165) is 11.1 Å². The van der Waals surface area contributed by atoms with Crippen LogP contribution >= 0.6 is 0 Å². The van der Waals surface area contributed by atoms with Crippen molar-refractivity contribution in [2.45, 2.75) is 19.9 Å². The first kappa shape index (κ1) is 17.8. The zero-order valence-electron chi connectivity index (χ0n) is 14.8. The van der Waals surface area contributed by atoms with E-state index < -0.39 is 5.97 Å². The van der Waals surface area contributed by atoms with Crippen LogP contribution in [0.2, 0.25) is 0 Å². The zero-order valence-corrected chi connectivity index (χ0v) is 14.8. The highest BCUT2D eigenvalue weighted by molar-refractivity contribution is 5.95. The molecule has 0 unspecified atom stereocenters. The molecule has 1 N–H and O–H groups in total. The van der Waals surface area contributed by atoms with Crippen molar-refractivity contribution >= 4 is 11.9 Å². The van der Waals surface area contributed by atoms with Crippen molar-refractivity contribution in [1.82, 2.24) is 4.90 Å². The number of methoxy groups -OCH3 is 1. The first-order chi connectivity index (χ1) is 12.5. The van der Waals surface area contributed by atoms with Gasteiger partial charge in [-0.05, 0) is 54.8 Å². The summed E-state index contributed by atoms with van der Waals surface area (Å²) in [6.07, 6.45) is 0.704. The SMILES string of the molecule is CCOc1ccc(C(=O)N2CCc3ccc(C(=O)O)cc3C2)cc1OC. The Kier molecular flexibility index (Phi) is 5.11. The Bertz CT molecular complexity index is 846. The number of nitrogens with zero attached hydrogens (tertiary/aromatic N) is 1. The molecule has 1 aliphatic rings. The number of carbonyl (C=O) groups is 2. The molecule has 0 saturated carbocycles. The zero-order chi connectivity index (χ0) is 18.7. The van der Waals surface area contributed by atoms with E-state index in [9.17, 15) is 9.59 Å². The van der Waals surface area contributed by atoms with Crippen LogP contribution in [0, 0.1) is 0 Å².